The Kier molecular flexibility index (Phi) is 4.14. The molecule has 4 heteroatoms. The summed E-state index contributed by atoms with van der Waals surface area (Å²) in [6.07, 6.45) is 1.12. The minimum absolute atomic E-state index is 0.167. The second-order valence-corrected chi connectivity index (χ2v) is 5.87. The Morgan fingerprint density at radius 2 is 2.29 bits per heavy atom. The van der Waals surface area contributed by atoms with Crippen molar-refractivity contribution in [3.8, 4) is 0 Å². The number of carbonyl (C=O) groups excluding carboxylic acids is 1. The Bertz CT molecular complexity index is 214. The highest BCUT2D eigenvalue weighted by Gasteiger charge is 2.33. The Hall–Kier alpha value is 0.110. The maximum Gasteiger partial charge on any atom is 0.229 e. The van der Waals surface area contributed by atoms with Crippen molar-refractivity contribution in [2.75, 3.05) is 24.4 Å². The predicted molar refractivity (Wildman–Crippen MR) is 63.0 cm³/mol. The van der Waals surface area contributed by atoms with Crippen LogP contribution >= 0.6 is 23.4 Å². The number of rotatable bonds is 3. The minimum Gasteiger partial charge on any atom is -0.341 e. The van der Waals surface area contributed by atoms with Gasteiger partial charge in [0.15, 0.2) is 0 Å². The van der Waals surface area contributed by atoms with E-state index < -0.39 is 5.41 Å². The van der Waals surface area contributed by atoms with E-state index in [9.17, 15) is 4.79 Å². The molecule has 0 aliphatic carbocycles. The number of thioether (sulfide) groups is 1. The molecule has 1 unspecified atom stereocenters. The van der Waals surface area contributed by atoms with Gasteiger partial charge >= 0.3 is 0 Å². The molecular formula is C10H18ClNOS. The Balaban J connectivity index is 2.59. The molecule has 1 heterocycles. The van der Waals surface area contributed by atoms with Crippen LogP contribution in [0.25, 0.3) is 0 Å². The molecule has 2 nitrogen and oxygen atoms in total. The van der Waals surface area contributed by atoms with E-state index in [0.29, 0.717) is 11.9 Å². The lowest BCUT2D eigenvalue weighted by Gasteiger charge is -2.31. The number of halogens is 1. The molecule has 1 rings (SSSR count). The van der Waals surface area contributed by atoms with Crippen LogP contribution in [0.15, 0.2) is 0 Å². The summed E-state index contributed by atoms with van der Waals surface area (Å²) in [6, 6.07) is 0.412. The topological polar surface area (TPSA) is 20.3 Å². The van der Waals surface area contributed by atoms with Gasteiger partial charge < -0.3 is 4.90 Å². The van der Waals surface area contributed by atoms with E-state index >= 15 is 0 Å². The molecule has 1 aliphatic heterocycles. The molecule has 0 saturated carbocycles. The molecule has 1 saturated heterocycles. The van der Waals surface area contributed by atoms with Crippen LogP contribution in [-0.4, -0.2) is 41.3 Å². The second kappa shape index (κ2) is 4.75. The van der Waals surface area contributed by atoms with Crippen molar-refractivity contribution >= 4 is 29.3 Å². The smallest absolute Gasteiger partial charge is 0.229 e. The molecule has 14 heavy (non-hydrogen) atoms. The van der Waals surface area contributed by atoms with Gasteiger partial charge in [-0.2, -0.15) is 11.8 Å². The van der Waals surface area contributed by atoms with Gasteiger partial charge in [0.05, 0.1) is 5.41 Å². The molecular weight excluding hydrogens is 218 g/mol. The lowest BCUT2D eigenvalue weighted by atomic mass is 9.94. The highest BCUT2D eigenvalue weighted by atomic mass is 35.5. The van der Waals surface area contributed by atoms with Gasteiger partial charge in [-0.05, 0) is 26.0 Å². The molecule has 0 aromatic heterocycles. The molecule has 0 N–H and O–H groups in total. The summed E-state index contributed by atoms with van der Waals surface area (Å²) < 4.78 is 0. The molecule has 0 radical (unpaired) electrons. The standard InChI is InChI=1S/C10H18ClNOS/c1-10(2,7-11)9(13)12(3)8-4-5-14-6-8/h8H,4-7H2,1-3H3. The first kappa shape index (κ1) is 12.2. The molecule has 0 bridgehead atoms. The Labute approximate surface area is 95.4 Å². The molecule has 0 aromatic carbocycles. The van der Waals surface area contributed by atoms with E-state index in [1.807, 2.05) is 37.6 Å². The summed E-state index contributed by atoms with van der Waals surface area (Å²) in [6.45, 7) is 3.81. The zero-order valence-electron chi connectivity index (χ0n) is 9.05. The first-order chi connectivity index (χ1) is 6.49. The fraction of sp³-hybridized carbons (Fsp3) is 0.900. The van der Waals surface area contributed by atoms with Crippen LogP contribution in [0.3, 0.4) is 0 Å². The molecule has 1 fully saturated rings. The molecule has 82 valence electrons. The van der Waals surface area contributed by atoms with Crippen molar-refractivity contribution in [3.63, 3.8) is 0 Å². The van der Waals surface area contributed by atoms with Crippen LogP contribution in [-0.2, 0) is 4.79 Å². The third-order valence-corrected chi connectivity index (χ3v) is 4.50. The normalized spacial score (nSPS) is 22.4. The number of carbonyl (C=O) groups is 1. The first-order valence-electron chi connectivity index (χ1n) is 4.90. The quantitative estimate of drug-likeness (QED) is 0.700. The summed E-state index contributed by atoms with van der Waals surface area (Å²) >= 11 is 7.71. The van der Waals surface area contributed by atoms with Gasteiger partial charge in [0.25, 0.3) is 0 Å². The van der Waals surface area contributed by atoms with E-state index in [4.69, 9.17) is 11.6 Å². The van der Waals surface area contributed by atoms with E-state index in [1.54, 1.807) is 0 Å². The average molecular weight is 236 g/mol. The monoisotopic (exact) mass is 235 g/mol. The molecule has 1 amide bonds. The van der Waals surface area contributed by atoms with Crippen molar-refractivity contribution < 1.29 is 4.79 Å². The predicted octanol–water partition coefficient (Wildman–Crippen LogP) is 2.22. The largest absolute Gasteiger partial charge is 0.341 e. The van der Waals surface area contributed by atoms with Crippen LogP contribution in [0.1, 0.15) is 20.3 Å². The van der Waals surface area contributed by atoms with Gasteiger partial charge in [0.2, 0.25) is 5.91 Å². The summed E-state index contributed by atoms with van der Waals surface area (Å²) in [4.78, 5) is 13.9. The maximum atomic E-state index is 12.0. The first-order valence-corrected chi connectivity index (χ1v) is 6.59. The van der Waals surface area contributed by atoms with Crippen molar-refractivity contribution in [1.29, 1.82) is 0 Å². The van der Waals surface area contributed by atoms with Crippen molar-refractivity contribution in [3.05, 3.63) is 0 Å². The lowest BCUT2D eigenvalue weighted by molar-refractivity contribution is -0.139. The SMILES string of the molecule is CN(C(=O)C(C)(C)CCl)C1CCSC1. The van der Waals surface area contributed by atoms with Crippen LogP contribution in [0.5, 0.6) is 0 Å². The third kappa shape index (κ3) is 2.57. The Morgan fingerprint density at radius 3 is 2.71 bits per heavy atom. The molecule has 0 spiro atoms. The number of amides is 1. The van der Waals surface area contributed by atoms with Gasteiger partial charge in [-0.25, -0.2) is 0 Å². The third-order valence-electron chi connectivity index (χ3n) is 2.69. The van der Waals surface area contributed by atoms with Crippen molar-refractivity contribution in [1.82, 2.24) is 4.90 Å². The highest BCUT2D eigenvalue weighted by molar-refractivity contribution is 7.99. The number of hydrogen-bond acceptors (Lipinski definition) is 2. The average Bonchev–Trinajstić information content (AvgIpc) is 2.68. The van der Waals surface area contributed by atoms with E-state index in [2.05, 4.69) is 0 Å². The van der Waals surface area contributed by atoms with Crippen LogP contribution in [0.4, 0.5) is 0 Å². The number of nitrogens with zero attached hydrogens (tertiary/aromatic N) is 1. The second-order valence-electron chi connectivity index (χ2n) is 4.45. The van der Waals surface area contributed by atoms with Gasteiger partial charge in [0.1, 0.15) is 0 Å². The Morgan fingerprint density at radius 1 is 1.64 bits per heavy atom. The highest BCUT2D eigenvalue weighted by Crippen LogP contribution is 2.26. The van der Waals surface area contributed by atoms with Gasteiger partial charge in [0, 0.05) is 24.7 Å². The van der Waals surface area contributed by atoms with Gasteiger partial charge in [-0.3, -0.25) is 4.79 Å². The van der Waals surface area contributed by atoms with Crippen molar-refractivity contribution in [2.45, 2.75) is 26.3 Å². The number of alkyl halides is 1. The summed E-state index contributed by atoms with van der Waals surface area (Å²) in [5.74, 6) is 2.79. The van der Waals surface area contributed by atoms with E-state index in [0.717, 1.165) is 12.2 Å². The summed E-state index contributed by atoms with van der Waals surface area (Å²) in [7, 11) is 1.90. The van der Waals surface area contributed by atoms with Crippen LogP contribution in [0.2, 0.25) is 0 Å². The zero-order valence-corrected chi connectivity index (χ0v) is 10.6. The fourth-order valence-corrected chi connectivity index (χ4v) is 2.91. The zero-order chi connectivity index (χ0) is 10.8. The number of hydrogen-bond donors (Lipinski definition) is 0. The fourth-order valence-electron chi connectivity index (χ4n) is 1.53. The van der Waals surface area contributed by atoms with Gasteiger partial charge in [-0.1, -0.05) is 0 Å². The van der Waals surface area contributed by atoms with Crippen LogP contribution < -0.4 is 0 Å². The minimum atomic E-state index is -0.427. The van der Waals surface area contributed by atoms with E-state index in [-0.39, 0.29) is 5.91 Å². The molecule has 0 aromatic rings. The van der Waals surface area contributed by atoms with E-state index in [1.165, 1.54) is 5.75 Å². The van der Waals surface area contributed by atoms with Crippen molar-refractivity contribution in [2.24, 2.45) is 5.41 Å². The summed E-state index contributed by atoms with van der Waals surface area (Å²) in [5, 5.41) is 0. The maximum absolute atomic E-state index is 12.0. The molecule has 1 atom stereocenters. The molecule has 1 aliphatic rings. The van der Waals surface area contributed by atoms with Crippen LogP contribution in [0, 0.1) is 5.41 Å². The lowest BCUT2D eigenvalue weighted by Crippen LogP contribution is -2.45. The van der Waals surface area contributed by atoms with Gasteiger partial charge in [-0.15, -0.1) is 11.6 Å². The summed E-state index contributed by atoms with van der Waals surface area (Å²) in [5.41, 5.74) is -0.427.